The van der Waals surface area contributed by atoms with E-state index in [1.807, 2.05) is 27.7 Å². The molecule has 0 saturated heterocycles. The summed E-state index contributed by atoms with van der Waals surface area (Å²) in [4.78, 5) is 2.51. The van der Waals surface area contributed by atoms with Crippen molar-refractivity contribution in [3.8, 4) is 22.3 Å². The van der Waals surface area contributed by atoms with Crippen LogP contribution in [0.5, 0.6) is 0 Å². The average Bonchev–Trinajstić information content (AvgIpc) is 3.73. The van der Waals surface area contributed by atoms with Gasteiger partial charge in [0.25, 0.3) is 0 Å². The van der Waals surface area contributed by atoms with Crippen molar-refractivity contribution in [2.75, 3.05) is 4.90 Å². The van der Waals surface area contributed by atoms with Crippen molar-refractivity contribution in [3.63, 3.8) is 0 Å². The molecule has 0 heterocycles. The van der Waals surface area contributed by atoms with Crippen LogP contribution in [0.15, 0.2) is 243 Å². The second kappa shape index (κ2) is 18.2. The first-order chi connectivity index (χ1) is 34.3. The Balaban J connectivity index is 0.00000127. The molecule has 0 N–H and O–H groups in total. The van der Waals surface area contributed by atoms with Crippen molar-refractivity contribution < 1.29 is 0 Å². The minimum Gasteiger partial charge on any atom is -0.310 e. The second-order valence-electron chi connectivity index (χ2n) is 17.8. The molecule has 10 aromatic carbocycles. The molecular formula is C68H57N. The minimum absolute atomic E-state index is 0.533. The highest BCUT2D eigenvalue weighted by molar-refractivity contribution is 5.98. The number of anilines is 3. The molecule has 0 saturated carbocycles. The molecular weight excluding hydrogens is 831 g/mol. The summed E-state index contributed by atoms with van der Waals surface area (Å²) in [6.45, 7) is 8.00. The lowest BCUT2D eigenvalue weighted by molar-refractivity contribution is 0.623. The van der Waals surface area contributed by atoms with Crippen LogP contribution in [-0.2, 0) is 17.3 Å². The molecule has 10 aromatic rings. The minimum atomic E-state index is -0.549. The summed E-state index contributed by atoms with van der Waals surface area (Å²) in [5.74, 6) is 0. The van der Waals surface area contributed by atoms with Crippen LogP contribution in [0.3, 0.4) is 0 Å². The molecule has 3 aliphatic carbocycles. The van der Waals surface area contributed by atoms with Crippen molar-refractivity contribution in [3.05, 3.63) is 298 Å². The number of hydrogen-bond acceptors (Lipinski definition) is 1. The zero-order valence-corrected chi connectivity index (χ0v) is 40.0. The molecule has 0 fully saturated rings. The number of hydrogen-bond donors (Lipinski definition) is 0. The predicted molar refractivity (Wildman–Crippen MR) is 293 cm³/mol. The summed E-state index contributed by atoms with van der Waals surface area (Å²) in [5, 5.41) is 2.52. The highest BCUT2D eigenvalue weighted by atomic mass is 15.1. The Labute approximate surface area is 408 Å². The van der Waals surface area contributed by atoms with Gasteiger partial charge in [0.1, 0.15) is 0 Å². The molecule has 13 rings (SSSR count). The molecule has 0 aromatic heterocycles. The Bertz CT molecular complexity index is 3390. The maximum atomic E-state index is 2.51. The molecule has 1 heteroatoms. The van der Waals surface area contributed by atoms with Gasteiger partial charge in [-0.2, -0.15) is 0 Å². The van der Waals surface area contributed by atoms with Crippen LogP contribution in [0.1, 0.15) is 89.8 Å². The van der Waals surface area contributed by atoms with E-state index in [0.29, 0.717) is 0 Å². The van der Waals surface area contributed by atoms with Crippen LogP contribution in [0.25, 0.3) is 39.1 Å². The van der Waals surface area contributed by atoms with E-state index >= 15 is 0 Å². The third-order valence-electron chi connectivity index (χ3n) is 14.7. The zero-order chi connectivity index (χ0) is 47.0. The lowest BCUT2D eigenvalue weighted by Gasteiger charge is -2.50. The Kier molecular flexibility index (Phi) is 11.5. The number of nitrogens with zero attached hydrogens (tertiary/aromatic N) is 1. The molecule has 0 bridgehead atoms. The first-order valence-corrected chi connectivity index (χ1v) is 25.0. The summed E-state index contributed by atoms with van der Waals surface area (Å²) in [5.41, 5.74) is 20.6. The van der Waals surface area contributed by atoms with Gasteiger partial charge in [-0.15, -0.1) is 0 Å². The highest BCUT2D eigenvalue weighted by Gasteiger charge is 2.56. The van der Waals surface area contributed by atoms with Crippen molar-refractivity contribution in [1.82, 2.24) is 0 Å². The van der Waals surface area contributed by atoms with Crippen molar-refractivity contribution in [1.29, 1.82) is 0 Å². The van der Waals surface area contributed by atoms with Crippen LogP contribution in [-0.4, -0.2) is 0 Å². The summed E-state index contributed by atoms with van der Waals surface area (Å²) in [6, 6.07) is 88.9. The van der Waals surface area contributed by atoms with Crippen molar-refractivity contribution in [2.45, 2.75) is 51.4 Å². The van der Waals surface area contributed by atoms with Gasteiger partial charge in [-0.3, -0.25) is 0 Å². The maximum absolute atomic E-state index is 2.51. The van der Waals surface area contributed by atoms with Crippen LogP contribution in [0.2, 0.25) is 0 Å². The fourth-order valence-corrected chi connectivity index (χ4v) is 12.1. The number of rotatable bonds is 6. The van der Waals surface area contributed by atoms with E-state index in [1.54, 1.807) is 0 Å². The molecule has 334 valence electrons. The largest absolute Gasteiger partial charge is 0.310 e. The maximum Gasteiger partial charge on any atom is 0.0720 e. The normalized spacial score (nSPS) is 13.9. The third kappa shape index (κ3) is 6.67. The SMILES string of the molecule is C1=Cc2cccc(N(c3ccc(-c4cccc5ccccc45)cc3)c3ccc4c(c3)-c3ccccc3C43c4ccccc4C(c4ccccc4)(c4ccccc4)c4ccccc43)c2CC1.CC.CC. The van der Waals surface area contributed by atoms with E-state index in [1.165, 1.54) is 94.3 Å². The fourth-order valence-electron chi connectivity index (χ4n) is 12.1. The topological polar surface area (TPSA) is 3.24 Å². The Morgan fingerprint density at radius 2 is 0.884 bits per heavy atom. The van der Waals surface area contributed by atoms with Crippen molar-refractivity contribution in [2.24, 2.45) is 0 Å². The van der Waals surface area contributed by atoms with Crippen LogP contribution >= 0.6 is 0 Å². The first kappa shape index (κ1) is 43.6. The Morgan fingerprint density at radius 3 is 1.55 bits per heavy atom. The fraction of sp³-hybridized carbons (Fsp3) is 0.118. The van der Waals surface area contributed by atoms with Crippen LogP contribution < -0.4 is 4.90 Å². The summed E-state index contributed by atoms with van der Waals surface area (Å²) >= 11 is 0. The third-order valence-corrected chi connectivity index (χ3v) is 14.7. The number of fused-ring (bicyclic) bond motifs is 11. The first-order valence-electron chi connectivity index (χ1n) is 25.0. The molecule has 0 atom stereocenters. The van der Waals surface area contributed by atoms with E-state index in [-0.39, 0.29) is 0 Å². The zero-order valence-electron chi connectivity index (χ0n) is 40.0. The van der Waals surface area contributed by atoms with Gasteiger partial charge < -0.3 is 4.90 Å². The Morgan fingerprint density at radius 1 is 0.377 bits per heavy atom. The van der Waals surface area contributed by atoms with E-state index < -0.39 is 10.8 Å². The van der Waals surface area contributed by atoms with Crippen LogP contribution in [0.4, 0.5) is 17.1 Å². The van der Waals surface area contributed by atoms with Gasteiger partial charge in [0, 0.05) is 17.1 Å². The summed E-state index contributed by atoms with van der Waals surface area (Å²) in [7, 11) is 0. The van der Waals surface area contributed by atoms with Crippen molar-refractivity contribution >= 4 is 33.9 Å². The van der Waals surface area contributed by atoms with Gasteiger partial charge in [-0.1, -0.05) is 246 Å². The van der Waals surface area contributed by atoms with Gasteiger partial charge in [0.2, 0.25) is 0 Å². The smallest absolute Gasteiger partial charge is 0.0720 e. The molecule has 0 unspecified atom stereocenters. The lowest BCUT2D eigenvalue weighted by atomic mass is 9.51. The van der Waals surface area contributed by atoms with E-state index in [2.05, 4.69) is 254 Å². The quantitative estimate of drug-likeness (QED) is 0.161. The molecule has 0 aliphatic heterocycles. The molecule has 69 heavy (non-hydrogen) atoms. The highest BCUT2D eigenvalue weighted by Crippen LogP contribution is 2.65. The Hall–Kier alpha value is -8.00. The van der Waals surface area contributed by atoms with E-state index in [9.17, 15) is 0 Å². The van der Waals surface area contributed by atoms with Gasteiger partial charge in [0.15, 0.2) is 0 Å². The van der Waals surface area contributed by atoms with Crippen LogP contribution in [0, 0.1) is 0 Å². The second-order valence-corrected chi connectivity index (χ2v) is 17.8. The molecule has 1 nitrogen and oxygen atoms in total. The lowest BCUT2D eigenvalue weighted by Crippen LogP contribution is -2.44. The summed E-state index contributed by atoms with van der Waals surface area (Å²) < 4.78 is 0. The van der Waals surface area contributed by atoms with E-state index in [4.69, 9.17) is 0 Å². The molecule has 0 radical (unpaired) electrons. The van der Waals surface area contributed by atoms with E-state index in [0.717, 1.165) is 24.2 Å². The molecule has 3 aliphatic rings. The van der Waals surface area contributed by atoms with Gasteiger partial charge in [-0.25, -0.2) is 0 Å². The standard InChI is InChI=1S/C64H45N.2C2H6/c1-3-23-47(24-4-1)63(48-25-5-2-6-26-48)58-32-13-15-34-60(58)64(61-35-16-14-33-59(61)63)56-31-12-11-29-54(56)55-43-50(41-42-57(55)64)65(62-36-18-22-45-20-8-10-28-53(45)62)49-39-37-46(38-40-49)52-30-17-21-44-19-7-9-27-51(44)52;2*1-2/h1-9,11-27,29-43H,10,28H2;2*1-2H3. The predicted octanol–water partition coefficient (Wildman–Crippen LogP) is 18.0. The average molecular weight is 888 g/mol. The van der Waals surface area contributed by atoms with Gasteiger partial charge in [0.05, 0.1) is 10.8 Å². The summed E-state index contributed by atoms with van der Waals surface area (Å²) in [6.07, 6.45) is 6.65. The van der Waals surface area contributed by atoms with Gasteiger partial charge >= 0.3 is 0 Å². The van der Waals surface area contributed by atoms with Gasteiger partial charge in [-0.05, 0) is 132 Å². The monoisotopic (exact) mass is 887 g/mol. The number of allylic oxidation sites excluding steroid dienone is 1. The number of benzene rings is 10. The molecule has 0 amide bonds. The molecule has 1 spiro atoms.